The lowest BCUT2D eigenvalue weighted by atomic mass is 10.2. The zero-order valence-electron chi connectivity index (χ0n) is 11.3. The predicted octanol–water partition coefficient (Wildman–Crippen LogP) is 1.27. The molecule has 1 aliphatic heterocycles. The number of aromatic nitrogens is 1. The molecule has 2 heterocycles. The summed E-state index contributed by atoms with van der Waals surface area (Å²) < 4.78 is 5.46. The fourth-order valence-corrected chi connectivity index (χ4v) is 2.27. The summed E-state index contributed by atoms with van der Waals surface area (Å²) in [4.78, 5) is 18.9. The first-order chi connectivity index (χ1) is 9.66. The molecule has 0 bridgehead atoms. The van der Waals surface area contributed by atoms with Gasteiger partial charge in [0.15, 0.2) is 0 Å². The van der Waals surface area contributed by atoms with E-state index in [9.17, 15) is 4.79 Å². The molecule has 1 unspecified atom stereocenters. The van der Waals surface area contributed by atoms with Gasteiger partial charge in [0.1, 0.15) is 6.10 Å². The Morgan fingerprint density at radius 1 is 1.55 bits per heavy atom. The Bertz CT molecular complexity index is 461. The minimum Gasteiger partial charge on any atom is -0.393 e. The summed E-state index contributed by atoms with van der Waals surface area (Å²) in [5.41, 5.74) is 6.38. The van der Waals surface area contributed by atoms with Gasteiger partial charge in [0, 0.05) is 25.8 Å². The van der Waals surface area contributed by atoms with Gasteiger partial charge < -0.3 is 15.4 Å². The van der Waals surface area contributed by atoms with Crippen molar-refractivity contribution < 1.29 is 9.53 Å². The number of pyridine rings is 1. The van der Waals surface area contributed by atoms with Crippen LogP contribution in [-0.4, -0.2) is 40.0 Å². The topological polar surface area (TPSA) is 68.5 Å². The molecule has 2 rings (SSSR count). The lowest BCUT2D eigenvalue weighted by molar-refractivity contribution is -0.141. The van der Waals surface area contributed by atoms with Crippen LogP contribution in [-0.2, 0) is 16.1 Å². The summed E-state index contributed by atoms with van der Waals surface area (Å²) in [5.74, 6) is 0.00408. The Balaban J connectivity index is 2.03. The van der Waals surface area contributed by atoms with Crippen LogP contribution in [0.1, 0.15) is 25.0 Å². The standard InChI is InChI=1S/C14H19N3O2S/c15-13(20)6-8-17(10-11-4-1-2-7-16-11)14(18)12-5-3-9-19-12/h1-2,4,7,12H,3,5-6,8-10H2,(H2,15,20). The third kappa shape index (κ3) is 4.25. The molecule has 1 amide bonds. The number of amides is 1. The van der Waals surface area contributed by atoms with Gasteiger partial charge in [-0.05, 0) is 25.0 Å². The van der Waals surface area contributed by atoms with Gasteiger partial charge in [-0.1, -0.05) is 18.3 Å². The quantitative estimate of drug-likeness (QED) is 0.800. The van der Waals surface area contributed by atoms with E-state index in [1.54, 1.807) is 11.1 Å². The van der Waals surface area contributed by atoms with Crippen molar-refractivity contribution in [2.24, 2.45) is 5.73 Å². The molecule has 5 nitrogen and oxygen atoms in total. The van der Waals surface area contributed by atoms with E-state index in [2.05, 4.69) is 4.98 Å². The molecule has 1 saturated heterocycles. The molecule has 0 aromatic carbocycles. The highest BCUT2D eigenvalue weighted by Gasteiger charge is 2.28. The van der Waals surface area contributed by atoms with E-state index in [1.807, 2.05) is 18.2 Å². The molecule has 0 spiro atoms. The van der Waals surface area contributed by atoms with Gasteiger partial charge in [0.2, 0.25) is 0 Å². The van der Waals surface area contributed by atoms with Crippen LogP contribution in [0.4, 0.5) is 0 Å². The smallest absolute Gasteiger partial charge is 0.252 e. The molecule has 6 heteroatoms. The maximum atomic E-state index is 12.5. The Kier molecular flexibility index (Phi) is 5.43. The Labute approximate surface area is 124 Å². The number of nitrogens with zero attached hydrogens (tertiary/aromatic N) is 2. The molecule has 2 N–H and O–H groups in total. The lowest BCUT2D eigenvalue weighted by Crippen LogP contribution is -2.40. The van der Waals surface area contributed by atoms with Crippen molar-refractivity contribution in [2.45, 2.75) is 31.9 Å². The van der Waals surface area contributed by atoms with Crippen LogP contribution in [0.2, 0.25) is 0 Å². The second kappa shape index (κ2) is 7.31. The molecular formula is C14H19N3O2S. The van der Waals surface area contributed by atoms with Crippen molar-refractivity contribution in [1.29, 1.82) is 0 Å². The van der Waals surface area contributed by atoms with Crippen LogP contribution in [0.15, 0.2) is 24.4 Å². The van der Waals surface area contributed by atoms with Crippen molar-refractivity contribution in [3.05, 3.63) is 30.1 Å². The summed E-state index contributed by atoms with van der Waals surface area (Å²) in [6.07, 6.45) is 3.62. The van der Waals surface area contributed by atoms with Crippen molar-refractivity contribution in [3.8, 4) is 0 Å². The van der Waals surface area contributed by atoms with Crippen molar-refractivity contribution in [1.82, 2.24) is 9.88 Å². The first-order valence-electron chi connectivity index (χ1n) is 6.75. The number of rotatable bonds is 6. The summed E-state index contributed by atoms with van der Waals surface area (Å²) in [7, 11) is 0. The Hall–Kier alpha value is -1.53. The third-order valence-corrected chi connectivity index (χ3v) is 3.43. The monoisotopic (exact) mass is 293 g/mol. The minimum atomic E-state index is -0.329. The van der Waals surface area contributed by atoms with Crippen molar-refractivity contribution >= 4 is 23.1 Å². The first-order valence-corrected chi connectivity index (χ1v) is 7.16. The minimum absolute atomic E-state index is 0.00408. The Morgan fingerprint density at radius 3 is 3.00 bits per heavy atom. The molecule has 1 aromatic rings. The molecule has 1 aromatic heterocycles. The molecule has 1 atom stereocenters. The molecule has 0 radical (unpaired) electrons. The molecule has 1 fully saturated rings. The van der Waals surface area contributed by atoms with Crippen LogP contribution < -0.4 is 5.73 Å². The van der Waals surface area contributed by atoms with Crippen molar-refractivity contribution in [3.63, 3.8) is 0 Å². The van der Waals surface area contributed by atoms with Crippen LogP contribution in [0.3, 0.4) is 0 Å². The number of nitrogens with two attached hydrogens (primary N) is 1. The van der Waals surface area contributed by atoms with E-state index >= 15 is 0 Å². The van der Waals surface area contributed by atoms with Gasteiger partial charge in [0.25, 0.3) is 5.91 Å². The van der Waals surface area contributed by atoms with E-state index in [4.69, 9.17) is 22.7 Å². The maximum Gasteiger partial charge on any atom is 0.252 e. The lowest BCUT2D eigenvalue weighted by Gasteiger charge is -2.24. The predicted molar refractivity (Wildman–Crippen MR) is 80.0 cm³/mol. The molecule has 108 valence electrons. The maximum absolute atomic E-state index is 12.5. The summed E-state index contributed by atoms with van der Waals surface area (Å²) in [6.45, 7) is 1.62. The van der Waals surface area contributed by atoms with Gasteiger partial charge in [-0.3, -0.25) is 9.78 Å². The summed E-state index contributed by atoms with van der Waals surface area (Å²) in [6, 6.07) is 5.66. The highest BCUT2D eigenvalue weighted by atomic mass is 32.1. The zero-order chi connectivity index (χ0) is 14.4. The second-order valence-corrected chi connectivity index (χ2v) is 5.32. The van der Waals surface area contributed by atoms with Gasteiger partial charge in [-0.15, -0.1) is 0 Å². The number of hydrogen-bond donors (Lipinski definition) is 1. The number of thiocarbonyl (C=S) groups is 1. The summed E-state index contributed by atoms with van der Waals surface area (Å²) >= 11 is 4.89. The molecule has 0 aliphatic carbocycles. The van der Waals surface area contributed by atoms with Crippen LogP contribution in [0, 0.1) is 0 Å². The van der Waals surface area contributed by atoms with Crippen molar-refractivity contribution in [2.75, 3.05) is 13.2 Å². The number of carbonyl (C=O) groups is 1. The third-order valence-electron chi connectivity index (χ3n) is 3.22. The highest BCUT2D eigenvalue weighted by molar-refractivity contribution is 7.80. The van der Waals surface area contributed by atoms with Gasteiger partial charge in [0.05, 0.1) is 17.2 Å². The van der Waals surface area contributed by atoms with Gasteiger partial charge in [-0.2, -0.15) is 0 Å². The molecular weight excluding hydrogens is 274 g/mol. The number of carbonyl (C=O) groups excluding carboxylic acids is 1. The molecule has 0 saturated carbocycles. The van der Waals surface area contributed by atoms with Crippen LogP contribution in [0.5, 0.6) is 0 Å². The second-order valence-electron chi connectivity index (χ2n) is 4.80. The highest BCUT2D eigenvalue weighted by Crippen LogP contribution is 2.16. The molecule has 20 heavy (non-hydrogen) atoms. The Morgan fingerprint density at radius 2 is 2.40 bits per heavy atom. The number of ether oxygens (including phenoxy) is 1. The van der Waals surface area contributed by atoms with E-state index in [-0.39, 0.29) is 12.0 Å². The summed E-state index contributed by atoms with van der Waals surface area (Å²) in [5, 5.41) is 0. The SMILES string of the molecule is NC(=S)CCN(Cc1ccccn1)C(=O)C1CCCO1. The first kappa shape index (κ1) is 14.9. The van der Waals surface area contributed by atoms with Crippen LogP contribution >= 0.6 is 12.2 Å². The van der Waals surface area contributed by atoms with Gasteiger partial charge in [-0.25, -0.2) is 0 Å². The fourth-order valence-electron chi connectivity index (χ4n) is 2.18. The fraction of sp³-hybridized carbons (Fsp3) is 0.500. The number of hydrogen-bond acceptors (Lipinski definition) is 4. The van der Waals surface area contributed by atoms with Crippen LogP contribution in [0.25, 0.3) is 0 Å². The average molecular weight is 293 g/mol. The van der Waals surface area contributed by atoms with E-state index in [1.165, 1.54) is 0 Å². The largest absolute Gasteiger partial charge is 0.393 e. The van der Waals surface area contributed by atoms with E-state index in [0.717, 1.165) is 18.5 Å². The van der Waals surface area contributed by atoms with E-state index < -0.39 is 0 Å². The zero-order valence-corrected chi connectivity index (χ0v) is 12.1. The average Bonchev–Trinajstić information content (AvgIpc) is 2.97. The van der Waals surface area contributed by atoms with Gasteiger partial charge >= 0.3 is 0 Å². The molecule has 1 aliphatic rings. The van der Waals surface area contributed by atoms with E-state index in [0.29, 0.717) is 31.1 Å². The normalized spacial score (nSPS) is 17.9.